The molecule has 0 amide bonds. The van der Waals surface area contributed by atoms with E-state index >= 15 is 0 Å². The molecule has 1 N–H and O–H groups in total. The summed E-state index contributed by atoms with van der Waals surface area (Å²) >= 11 is 14.1. The smallest absolute Gasteiger partial charge is 0.272 e. The van der Waals surface area contributed by atoms with Gasteiger partial charge in [0.15, 0.2) is 0 Å². The zero-order chi connectivity index (χ0) is 15.5. The van der Waals surface area contributed by atoms with Gasteiger partial charge in [-0.05, 0) is 19.1 Å². The van der Waals surface area contributed by atoms with E-state index in [9.17, 15) is 10.1 Å². The molecule has 0 unspecified atom stereocenters. The average Bonchev–Trinajstić information content (AvgIpc) is 2.47. The minimum atomic E-state index is -0.494. The number of hydrogen-bond acceptors (Lipinski definition) is 4. The van der Waals surface area contributed by atoms with Gasteiger partial charge in [0.25, 0.3) is 5.69 Å². The number of halogens is 2. The molecule has 0 radical (unpaired) electrons. The van der Waals surface area contributed by atoms with Crippen LogP contribution in [0.1, 0.15) is 32.1 Å². The molecule has 0 aliphatic heterocycles. The lowest BCUT2D eigenvalue weighted by Crippen LogP contribution is -2.35. The van der Waals surface area contributed by atoms with Gasteiger partial charge >= 0.3 is 0 Å². The number of nitrogens with zero attached hydrogens (tertiary/aromatic N) is 1. The fourth-order valence-electron chi connectivity index (χ4n) is 2.73. The monoisotopic (exact) mass is 348 g/mol. The molecule has 0 bridgehead atoms. The lowest BCUT2D eigenvalue weighted by molar-refractivity contribution is -0.384. The number of non-ortho nitro benzene ring substituents is 1. The molecule has 1 aromatic rings. The van der Waals surface area contributed by atoms with Crippen LogP contribution in [-0.4, -0.2) is 22.5 Å². The minimum Gasteiger partial charge on any atom is -0.381 e. The summed E-state index contributed by atoms with van der Waals surface area (Å²) in [5, 5.41) is 14.7. The standard InChI is InChI=1S/C14H18Cl2N2O2S/c1-21-14(5-3-2-4-6-14)9-17-13-11(15)7-10(18(19)20)8-12(13)16/h7-8,17H,2-6,9H2,1H3. The number of rotatable bonds is 5. The Bertz CT molecular complexity index is 511. The van der Waals surface area contributed by atoms with E-state index in [-0.39, 0.29) is 10.4 Å². The Morgan fingerprint density at radius 2 is 1.86 bits per heavy atom. The van der Waals surface area contributed by atoms with Crippen LogP contribution in [-0.2, 0) is 0 Å². The van der Waals surface area contributed by atoms with Gasteiger partial charge in [0.1, 0.15) is 0 Å². The minimum absolute atomic E-state index is 0.0900. The Morgan fingerprint density at radius 3 is 2.33 bits per heavy atom. The van der Waals surface area contributed by atoms with Crippen molar-refractivity contribution in [3.8, 4) is 0 Å². The fraction of sp³-hybridized carbons (Fsp3) is 0.571. The molecular formula is C14H18Cl2N2O2S. The molecule has 1 aromatic carbocycles. The number of hydrogen-bond donors (Lipinski definition) is 1. The van der Waals surface area contributed by atoms with Crippen molar-refractivity contribution >= 4 is 46.3 Å². The van der Waals surface area contributed by atoms with Gasteiger partial charge in [0, 0.05) is 23.4 Å². The van der Waals surface area contributed by atoms with Gasteiger partial charge in [0.05, 0.1) is 20.7 Å². The van der Waals surface area contributed by atoms with E-state index in [1.54, 1.807) is 0 Å². The fourth-order valence-corrected chi connectivity index (χ4v) is 4.26. The first-order valence-corrected chi connectivity index (χ1v) is 8.88. The second-order valence-electron chi connectivity index (χ2n) is 5.34. The largest absolute Gasteiger partial charge is 0.381 e. The summed E-state index contributed by atoms with van der Waals surface area (Å²) < 4.78 is 0.201. The van der Waals surface area contributed by atoms with Crippen molar-refractivity contribution in [2.45, 2.75) is 36.9 Å². The summed E-state index contributed by atoms with van der Waals surface area (Å²) in [6.45, 7) is 0.769. The Kier molecular flexibility index (Phi) is 5.63. The van der Waals surface area contributed by atoms with Gasteiger partial charge in [-0.15, -0.1) is 0 Å². The summed E-state index contributed by atoms with van der Waals surface area (Å²) in [6, 6.07) is 2.67. The zero-order valence-electron chi connectivity index (χ0n) is 11.8. The highest BCUT2D eigenvalue weighted by atomic mass is 35.5. The molecule has 0 aromatic heterocycles. The Balaban J connectivity index is 2.14. The van der Waals surface area contributed by atoms with Crippen LogP contribution in [0.2, 0.25) is 10.0 Å². The highest BCUT2D eigenvalue weighted by molar-refractivity contribution is 8.00. The summed E-state index contributed by atoms with van der Waals surface area (Å²) in [4.78, 5) is 10.3. The van der Waals surface area contributed by atoms with Gasteiger partial charge in [-0.3, -0.25) is 10.1 Å². The van der Waals surface area contributed by atoms with Crippen LogP contribution in [0.5, 0.6) is 0 Å². The highest BCUT2D eigenvalue weighted by Gasteiger charge is 2.31. The van der Waals surface area contributed by atoms with E-state index in [1.807, 2.05) is 11.8 Å². The van der Waals surface area contributed by atoms with Crippen molar-refractivity contribution in [3.63, 3.8) is 0 Å². The van der Waals surface area contributed by atoms with E-state index < -0.39 is 4.92 Å². The maximum atomic E-state index is 10.8. The number of nitro groups is 1. The molecular weight excluding hydrogens is 331 g/mol. The summed E-state index contributed by atoms with van der Waals surface area (Å²) in [7, 11) is 0. The third-order valence-corrected chi connectivity index (χ3v) is 6.04. The van der Waals surface area contributed by atoms with Crippen molar-refractivity contribution in [2.75, 3.05) is 18.1 Å². The molecule has 0 saturated heterocycles. The maximum absolute atomic E-state index is 10.8. The Labute approximate surface area is 138 Å². The van der Waals surface area contributed by atoms with Crippen LogP contribution >= 0.6 is 35.0 Å². The molecule has 7 heteroatoms. The van der Waals surface area contributed by atoms with Gasteiger partial charge < -0.3 is 5.32 Å². The molecule has 1 aliphatic carbocycles. The van der Waals surface area contributed by atoms with Gasteiger partial charge in [-0.2, -0.15) is 11.8 Å². The second kappa shape index (κ2) is 7.07. The van der Waals surface area contributed by atoms with Crippen molar-refractivity contribution in [1.29, 1.82) is 0 Å². The van der Waals surface area contributed by atoms with Crippen molar-refractivity contribution in [2.24, 2.45) is 0 Å². The predicted molar refractivity (Wildman–Crippen MR) is 90.9 cm³/mol. The molecule has 0 spiro atoms. The summed E-state index contributed by atoms with van der Waals surface area (Å²) in [5.74, 6) is 0. The van der Waals surface area contributed by atoms with E-state index in [0.29, 0.717) is 15.7 Å². The first kappa shape index (κ1) is 16.7. The Morgan fingerprint density at radius 1 is 1.29 bits per heavy atom. The van der Waals surface area contributed by atoms with Crippen molar-refractivity contribution < 1.29 is 4.92 Å². The SMILES string of the molecule is CSC1(CNc2c(Cl)cc([N+](=O)[O-])cc2Cl)CCCCC1. The predicted octanol–water partition coefficient (Wildman–Crippen LogP) is 5.38. The average molecular weight is 349 g/mol. The van der Waals surface area contributed by atoms with Crippen LogP contribution in [0.4, 0.5) is 11.4 Å². The van der Waals surface area contributed by atoms with Crippen LogP contribution in [0.15, 0.2) is 12.1 Å². The third kappa shape index (κ3) is 3.96. The van der Waals surface area contributed by atoms with Crippen LogP contribution in [0.25, 0.3) is 0 Å². The topological polar surface area (TPSA) is 55.2 Å². The molecule has 0 heterocycles. The summed E-state index contributed by atoms with van der Waals surface area (Å²) in [6.07, 6.45) is 8.24. The quantitative estimate of drug-likeness (QED) is 0.573. The molecule has 4 nitrogen and oxygen atoms in total. The molecule has 0 atom stereocenters. The zero-order valence-corrected chi connectivity index (χ0v) is 14.2. The van der Waals surface area contributed by atoms with Crippen molar-refractivity contribution in [1.82, 2.24) is 0 Å². The van der Waals surface area contributed by atoms with Gasteiger partial charge in [0.2, 0.25) is 0 Å². The van der Waals surface area contributed by atoms with Crippen LogP contribution < -0.4 is 5.32 Å². The van der Waals surface area contributed by atoms with Gasteiger partial charge in [-0.1, -0.05) is 42.5 Å². The summed E-state index contributed by atoms with van der Waals surface area (Å²) in [5.41, 5.74) is 0.496. The molecule has 21 heavy (non-hydrogen) atoms. The van der Waals surface area contributed by atoms with Gasteiger partial charge in [-0.25, -0.2) is 0 Å². The highest BCUT2D eigenvalue weighted by Crippen LogP contribution is 2.40. The molecule has 1 aliphatic rings. The van der Waals surface area contributed by atoms with Crippen molar-refractivity contribution in [3.05, 3.63) is 32.3 Å². The molecule has 1 saturated carbocycles. The van der Waals surface area contributed by atoms with E-state index in [0.717, 1.165) is 6.54 Å². The molecule has 1 fully saturated rings. The molecule has 116 valence electrons. The molecule has 2 rings (SSSR count). The lowest BCUT2D eigenvalue weighted by Gasteiger charge is -2.36. The number of anilines is 1. The maximum Gasteiger partial charge on any atom is 0.272 e. The number of nitrogens with one attached hydrogen (secondary N) is 1. The number of benzene rings is 1. The normalized spacial score (nSPS) is 17.5. The van der Waals surface area contributed by atoms with Crippen LogP contribution in [0, 0.1) is 10.1 Å². The second-order valence-corrected chi connectivity index (χ2v) is 7.43. The van der Waals surface area contributed by atoms with E-state index in [2.05, 4.69) is 11.6 Å². The van der Waals surface area contributed by atoms with Crippen LogP contribution in [0.3, 0.4) is 0 Å². The van der Waals surface area contributed by atoms with E-state index in [4.69, 9.17) is 23.2 Å². The first-order valence-electron chi connectivity index (χ1n) is 6.90. The number of nitro benzene ring substituents is 1. The third-order valence-electron chi connectivity index (χ3n) is 4.02. The number of thioether (sulfide) groups is 1. The first-order chi connectivity index (χ1) is 9.97. The van der Waals surface area contributed by atoms with E-state index in [1.165, 1.54) is 44.2 Å². The Hall–Kier alpha value is -0.650. The lowest BCUT2D eigenvalue weighted by atomic mass is 9.88.